The average molecular weight is 315 g/mol. The van der Waals surface area contributed by atoms with Crippen LogP contribution in [-0.4, -0.2) is 45.6 Å². The number of nitrogens with one attached hydrogen (secondary N) is 1. The van der Waals surface area contributed by atoms with E-state index in [0.717, 1.165) is 42.3 Å². The Morgan fingerprint density at radius 2 is 2.35 bits per heavy atom. The summed E-state index contributed by atoms with van der Waals surface area (Å²) >= 11 is 0. The van der Waals surface area contributed by atoms with Gasteiger partial charge in [0.1, 0.15) is 11.6 Å². The van der Waals surface area contributed by atoms with E-state index in [1.165, 1.54) is 0 Å². The van der Waals surface area contributed by atoms with Crippen molar-refractivity contribution < 1.29 is 14.6 Å². The van der Waals surface area contributed by atoms with Crippen molar-refractivity contribution in [2.24, 2.45) is 0 Å². The number of fused-ring (bicyclic) bond motifs is 1. The number of nitrogens with zero attached hydrogens (tertiary/aromatic N) is 2. The Bertz CT molecular complexity index is 696. The minimum Gasteiger partial charge on any atom is -0.493 e. The zero-order chi connectivity index (χ0) is 16.2. The zero-order valence-corrected chi connectivity index (χ0v) is 13.2. The number of ether oxygens (including phenoxy) is 1. The Hall–Kier alpha value is -2.34. The van der Waals surface area contributed by atoms with Gasteiger partial charge in [-0.2, -0.15) is 0 Å². The second-order valence-corrected chi connectivity index (χ2v) is 5.72. The summed E-state index contributed by atoms with van der Waals surface area (Å²) in [5.74, 6) is 1.58. The molecule has 0 spiro atoms. The van der Waals surface area contributed by atoms with Gasteiger partial charge in [-0.25, -0.2) is 4.98 Å². The van der Waals surface area contributed by atoms with Crippen molar-refractivity contribution in [1.29, 1.82) is 0 Å². The Morgan fingerprint density at radius 3 is 3.09 bits per heavy atom. The highest BCUT2D eigenvalue weighted by atomic mass is 16.5. The zero-order valence-electron chi connectivity index (χ0n) is 13.2. The molecule has 2 aromatic rings. The average Bonchev–Trinajstić information content (AvgIpc) is 2.98. The molecule has 0 unspecified atom stereocenters. The van der Waals surface area contributed by atoms with Crippen LogP contribution in [0, 0.1) is 6.92 Å². The first kappa shape index (κ1) is 15.6. The third kappa shape index (κ3) is 3.53. The minimum absolute atomic E-state index is 0.0765. The highest BCUT2D eigenvalue weighted by Crippen LogP contribution is 2.26. The Kier molecular flexibility index (Phi) is 4.62. The summed E-state index contributed by atoms with van der Waals surface area (Å²) in [6.45, 7) is 3.20. The number of aliphatic hydroxyl groups excluding tert-OH is 1. The van der Waals surface area contributed by atoms with Crippen LogP contribution in [-0.2, 0) is 13.0 Å². The molecule has 2 N–H and O–H groups in total. The van der Waals surface area contributed by atoms with E-state index < -0.39 is 0 Å². The van der Waals surface area contributed by atoms with E-state index in [1.54, 1.807) is 17.2 Å². The molecule has 6 nitrogen and oxygen atoms in total. The van der Waals surface area contributed by atoms with E-state index in [-0.39, 0.29) is 19.1 Å². The number of H-pyrrole nitrogens is 1. The summed E-state index contributed by atoms with van der Waals surface area (Å²) in [6, 6.07) is 5.55. The van der Waals surface area contributed by atoms with Gasteiger partial charge in [0.2, 0.25) is 0 Å². The van der Waals surface area contributed by atoms with Crippen LogP contribution in [0.15, 0.2) is 24.4 Å². The predicted octanol–water partition coefficient (Wildman–Crippen LogP) is 1.68. The number of hydrogen-bond donors (Lipinski definition) is 2. The fourth-order valence-electron chi connectivity index (χ4n) is 2.81. The fraction of sp³-hybridized carbons (Fsp3) is 0.412. The fourth-order valence-corrected chi connectivity index (χ4v) is 2.81. The molecule has 0 bridgehead atoms. The van der Waals surface area contributed by atoms with E-state index in [2.05, 4.69) is 9.97 Å². The van der Waals surface area contributed by atoms with Crippen molar-refractivity contribution in [2.75, 3.05) is 19.8 Å². The normalized spacial score (nSPS) is 13.3. The van der Waals surface area contributed by atoms with Crippen molar-refractivity contribution in [1.82, 2.24) is 14.9 Å². The molecule has 1 aliphatic rings. The van der Waals surface area contributed by atoms with Gasteiger partial charge in [-0.1, -0.05) is 0 Å². The summed E-state index contributed by atoms with van der Waals surface area (Å²) in [4.78, 5) is 21.7. The van der Waals surface area contributed by atoms with Gasteiger partial charge in [-0.05, 0) is 43.5 Å². The molecule has 1 aliphatic heterocycles. The monoisotopic (exact) mass is 315 g/mol. The lowest BCUT2D eigenvalue weighted by molar-refractivity contribution is 0.0705. The molecule has 1 amide bonds. The molecule has 1 aromatic heterocycles. The van der Waals surface area contributed by atoms with Gasteiger partial charge in [-0.3, -0.25) is 4.79 Å². The lowest BCUT2D eigenvalue weighted by Gasteiger charge is -2.23. The first-order valence-electron chi connectivity index (χ1n) is 7.83. The lowest BCUT2D eigenvalue weighted by Crippen LogP contribution is -2.33. The smallest absolute Gasteiger partial charge is 0.254 e. The van der Waals surface area contributed by atoms with Crippen molar-refractivity contribution in [3.05, 3.63) is 47.0 Å². The van der Waals surface area contributed by atoms with Crippen LogP contribution in [0.5, 0.6) is 5.75 Å². The highest BCUT2D eigenvalue weighted by molar-refractivity contribution is 5.94. The molecule has 0 aliphatic carbocycles. The van der Waals surface area contributed by atoms with Gasteiger partial charge in [0.15, 0.2) is 0 Å². The van der Waals surface area contributed by atoms with Crippen LogP contribution in [0.2, 0.25) is 0 Å². The molecule has 3 rings (SSSR count). The van der Waals surface area contributed by atoms with Crippen molar-refractivity contribution in [3.8, 4) is 5.75 Å². The van der Waals surface area contributed by atoms with Crippen molar-refractivity contribution in [2.45, 2.75) is 26.3 Å². The number of aromatic amines is 1. The number of amides is 1. The molecule has 1 aromatic carbocycles. The van der Waals surface area contributed by atoms with Crippen LogP contribution < -0.4 is 4.74 Å². The summed E-state index contributed by atoms with van der Waals surface area (Å²) in [7, 11) is 0. The quantitative estimate of drug-likeness (QED) is 0.880. The molecule has 0 fully saturated rings. The maximum Gasteiger partial charge on any atom is 0.254 e. The number of aryl methyl sites for hydroxylation is 2. The van der Waals surface area contributed by atoms with E-state index in [4.69, 9.17) is 4.74 Å². The molecule has 6 heteroatoms. The van der Waals surface area contributed by atoms with Crippen molar-refractivity contribution in [3.63, 3.8) is 0 Å². The molecule has 2 heterocycles. The summed E-state index contributed by atoms with van der Waals surface area (Å²) in [6.07, 6.45) is 3.61. The maximum absolute atomic E-state index is 12.8. The molecular formula is C17H21N3O3. The molecule has 122 valence electrons. The van der Waals surface area contributed by atoms with Gasteiger partial charge in [0, 0.05) is 12.1 Å². The highest BCUT2D eigenvalue weighted by Gasteiger charge is 2.19. The van der Waals surface area contributed by atoms with Crippen LogP contribution in [0.4, 0.5) is 0 Å². The lowest BCUT2D eigenvalue weighted by atomic mass is 10.0. The first-order chi connectivity index (χ1) is 11.2. The van der Waals surface area contributed by atoms with Gasteiger partial charge < -0.3 is 19.7 Å². The van der Waals surface area contributed by atoms with Crippen LogP contribution >= 0.6 is 0 Å². The molecule has 0 saturated carbocycles. The van der Waals surface area contributed by atoms with Crippen LogP contribution in [0.1, 0.15) is 33.9 Å². The Labute approximate surface area is 135 Å². The number of rotatable bonds is 5. The summed E-state index contributed by atoms with van der Waals surface area (Å²) in [5.41, 5.74) is 2.55. The Morgan fingerprint density at radius 1 is 1.48 bits per heavy atom. The molecular weight excluding hydrogens is 294 g/mol. The molecule has 0 saturated heterocycles. The predicted molar refractivity (Wildman–Crippen MR) is 85.4 cm³/mol. The van der Waals surface area contributed by atoms with E-state index in [1.807, 2.05) is 19.1 Å². The number of carbonyl (C=O) groups is 1. The molecule has 23 heavy (non-hydrogen) atoms. The van der Waals surface area contributed by atoms with E-state index >= 15 is 0 Å². The van der Waals surface area contributed by atoms with Gasteiger partial charge in [0.25, 0.3) is 5.91 Å². The summed E-state index contributed by atoms with van der Waals surface area (Å²) in [5, 5.41) is 9.27. The van der Waals surface area contributed by atoms with E-state index in [0.29, 0.717) is 12.1 Å². The van der Waals surface area contributed by atoms with Gasteiger partial charge >= 0.3 is 0 Å². The third-order valence-electron chi connectivity index (χ3n) is 3.93. The number of hydrogen-bond acceptors (Lipinski definition) is 4. The minimum atomic E-state index is -0.0975. The number of carbonyl (C=O) groups excluding carboxylic acids is 1. The third-order valence-corrected chi connectivity index (χ3v) is 3.93. The second kappa shape index (κ2) is 6.83. The number of aromatic nitrogens is 2. The first-order valence-corrected chi connectivity index (χ1v) is 7.83. The van der Waals surface area contributed by atoms with E-state index in [9.17, 15) is 9.90 Å². The number of benzene rings is 1. The van der Waals surface area contributed by atoms with Crippen LogP contribution in [0.3, 0.4) is 0 Å². The van der Waals surface area contributed by atoms with Crippen LogP contribution in [0.25, 0.3) is 0 Å². The number of aliphatic hydroxyl groups is 1. The maximum atomic E-state index is 12.8. The summed E-state index contributed by atoms with van der Waals surface area (Å²) < 4.78 is 5.59. The van der Waals surface area contributed by atoms with Gasteiger partial charge in [0.05, 0.1) is 31.6 Å². The van der Waals surface area contributed by atoms with Gasteiger partial charge in [-0.15, -0.1) is 0 Å². The second-order valence-electron chi connectivity index (χ2n) is 5.72. The Balaban J connectivity index is 1.80. The molecule has 0 atom stereocenters. The van der Waals surface area contributed by atoms with Crippen molar-refractivity contribution >= 4 is 5.91 Å². The topological polar surface area (TPSA) is 78.4 Å². The number of imidazole rings is 1. The molecule has 0 radical (unpaired) electrons. The SMILES string of the molecule is Cc1ncc(CN(CCO)C(=O)c2ccc3c(c2)CCCO3)[nH]1. The largest absolute Gasteiger partial charge is 0.493 e. The standard InChI is InChI=1S/C17H21N3O3/c1-12-18-10-15(19-12)11-20(6-7-21)17(22)14-4-5-16-13(9-14)3-2-8-23-16/h4-5,9-10,21H,2-3,6-8,11H2,1H3,(H,18,19).